The van der Waals surface area contributed by atoms with Crippen molar-refractivity contribution in [3.63, 3.8) is 0 Å². The monoisotopic (exact) mass is 498 g/mol. The maximum Gasteiger partial charge on any atom is 0.260 e. The van der Waals surface area contributed by atoms with Crippen LogP contribution in [0.1, 0.15) is 0 Å². The number of hydrogen-bond acceptors (Lipinski definition) is 8. The van der Waals surface area contributed by atoms with Crippen LogP contribution in [0.4, 0.5) is 16.2 Å². The molecule has 0 radical (unpaired) electrons. The fraction of sp³-hybridized carbons (Fsp3) is 0.217. The molecule has 0 spiro atoms. The highest BCUT2D eigenvalue weighted by atomic mass is 35.5. The highest BCUT2D eigenvalue weighted by molar-refractivity contribution is 7.21. The minimum absolute atomic E-state index is 0.0422. The Hall–Kier alpha value is -3.50. The van der Waals surface area contributed by atoms with Crippen molar-refractivity contribution in [2.24, 2.45) is 0 Å². The van der Waals surface area contributed by atoms with Crippen LogP contribution < -0.4 is 15.4 Å². The first-order valence-electron chi connectivity index (χ1n) is 10.6. The molecule has 11 heteroatoms. The Balaban J connectivity index is 1.28. The summed E-state index contributed by atoms with van der Waals surface area (Å²) in [4.78, 5) is 30.6. The molecule has 0 saturated carbocycles. The van der Waals surface area contributed by atoms with Gasteiger partial charge in [-0.2, -0.15) is 4.98 Å². The van der Waals surface area contributed by atoms with Gasteiger partial charge in [-0.3, -0.25) is 4.79 Å². The van der Waals surface area contributed by atoms with Gasteiger partial charge in [-0.15, -0.1) is 0 Å². The molecule has 0 atom stereocenters. The van der Waals surface area contributed by atoms with E-state index in [0.29, 0.717) is 58.1 Å². The van der Waals surface area contributed by atoms with Crippen molar-refractivity contribution in [2.45, 2.75) is 0 Å². The summed E-state index contributed by atoms with van der Waals surface area (Å²) in [5.41, 5.74) is 7.41. The third-order valence-electron chi connectivity index (χ3n) is 5.46. The van der Waals surface area contributed by atoms with Crippen LogP contribution in [0.5, 0.6) is 5.75 Å². The van der Waals surface area contributed by atoms with Gasteiger partial charge < -0.3 is 20.3 Å². The lowest BCUT2D eigenvalue weighted by Gasteiger charge is -2.35. The van der Waals surface area contributed by atoms with Gasteiger partial charge in [0.25, 0.3) is 5.91 Å². The van der Waals surface area contributed by atoms with E-state index < -0.39 is 0 Å². The SMILES string of the molecule is Nc1nc(N2CCN(C(=O)COc3ccc(Cl)cc3)CC2)c2nc(-c3ccc(F)cc3)sc2n1. The Morgan fingerprint density at radius 1 is 1.03 bits per heavy atom. The molecule has 1 aliphatic heterocycles. The summed E-state index contributed by atoms with van der Waals surface area (Å²) in [5, 5.41) is 1.32. The molecule has 2 N–H and O–H groups in total. The lowest BCUT2D eigenvalue weighted by atomic mass is 10.2. The number of nitrogens with zero attached hydrogens (tertiary/aromatic N) is 5. The predicted molar refractivity (Wildman–Crippen MR) is 131 cm³/mol. The highest BCUT2D eigenvalue weighted by Gasteiger charge is 2.25. The number of hydrogen-bond donors (Lipinski definition) is 1. The van der Waals surface area contributed by atoms with E-state index in [-0.39, 0.29) is 24.3 Å². The van der Waals surface area contributed by atoms with Crippen molar-refractivity contribution in [3.8, 4) is 16.3 Å². The van der Waals surface area contributed by atoms with Crippen LogP contribution in [0.15, 0.2) is 48.5 Å². The number of halogens is 2. The van der Waals surface area contributed by atoms with Crippen molar-refractivity contribution in [2.75, 3.05) is 43.4 Å². The Morgan fingerprint density at radius 2 is 1.74 bits per heavy atom. The van der Waals surface area contributed by atoms with E-state index in [1.54, 1.807) is 41.3 Å². The molecule has 1 fully saturated rings. The van der Waals surface area contributed by atoms with Gasteiger partial charge in [-0.1, -0.05) is 22.9 Å². The number of rotatable bonds is 5. The first-order chi connectivity index (χ1) is 16.5. The summed E-state index contributed by atoms with van der Waals surface area (Å²) < 4.78 is 18.9. The number of carbonyl (C=O) groups excluding carboxylic acids is 1. The standard InChI is InChI=1S/C23H20ClFN6O2S/c24-15-3-7-17(8-4-15)33-13-18(32)30-9-11-31(12-10-30)20-19-22(29-23(26)28-20)34-21(27-19)14-1-5-16(25)6-2-14/h1-8H,9-13H2,(H2,26,28,29). The van der Waals surface area contributed by atoms with Gasteiger partial charge in [-0.05, 0) is 48.5 Å². The molecule has 2 aromatic carbocycles. The van der Waals surface area contributed by atoms with Crippen LogP contribution in [0.2, 0.25) is 5.02 Å². The summed E-state index contributed by atoms with van der Waals surface area (Å²) in [6.45, 7) is 2.13. The smallest absolute Gasteiger partial charge is 0.260 e. The Labute approximate surface area is 203 Å². The number of amides is 1. The number of aromatic nitrogens is 3. The van der Waals surface area contributed by atoms with E-state index in [2.05, 4.69) is 14.9 Å². The summed E-state index contributed by atoms with van der Waals surface area (Å²) in [6, 6.07) is 13.0. The van der Waals surface area contributed by atoms with Crippen molar-refractivity contribution in [1.82, 2.24) is 19.9 Å². The summed E-state index contributed by atoms with van der Waals surface area (Å²) in [6.07, 6.45) is 0. The van der Waals surface area contributed by atoms with Crippen LogP contribution in [0.3, 0.4) is 0 Å². The summed E-state index contributed by atoms with van der Waals surface area (Å²) in [7, 11) is 0. The quantitative estimate of drug-likeness (QED) is 0.446. The summed E-state index contributed by atoms with van der Waals surface area (Å²) >= 11 is 7.25. The number of nitrogens with two attached hydrogens (primary N) is 1. The largest absolute Gasteiger partial charge is 0.484 e. The van der Waals surface area contributed by atoms with E-state index in [1.165, 1.54) is 23.5 Å². The molecular weight excluding hydrogens is 479 g/mol. The molecule has 1 saturated heterocycles. The topological polar surface area (TPSA) is 97.5 Å². The van der Waals surface area contributed by atoms with Crippen LogP contribution in [0.25, 0.3) is 20.9 Å². The second-order valence-corrected chi connectivity index (χ2v) is 9.11. The zero-order valence-electron chi connectivity index (χ0n) is 17.9. The maximum atomic E-state index is 13.3. The number of nitrogen functional groups attached to an aromatic ring is 1. The van der Waals surface area contributed by atoms with Crippen LogP contribution in [0, 0.1) is 5.82 Å². The second kappa shape index (κ2) is 9.40. The zero-order chi connectivity index (χ0) is 23.7. The van der Waals surface area contributed by atoms with Crippen molar-refractivity contribution < 1.29 is 13.9 Å². The Kier molecular flexibility index (Phi) is 6.16. The molecule has 174 valence electrons. The fourth-order valence-corrected chi connectivity index (χ4v) is 4.77. The third kappa shape index (κ3) is 4.73. The van der Waals surface area contributed by atoms with Gasteiger partial charge in [0.1, 0.15) is 22.1 Å². The average molecular weight is 499 g/mol. The zero-order valence-corrected chi connectivity index (χ0v) is 19.5. The molecule has 3 heterocycles. The fourth-order valence-electron chi connectivity index (χ4n) is 3.70. The number of fused-ring (bicyclic) bond motifs is 1. The van der Waals surface area contributed by atoms with Gasteiger partial charge in [0, 0.05) is 36.8 Å². The van der Waals surface area contributed by atoms with Crippen molar-refractivity contribution >= 4 is 51.0 Å². The van der Waals surface area contributed by atoms with Crippen molar-refractivity contribution in [1.29, 1.82) is 0 Å². The maximum absolute atomic E-state index is 13.3. The molecule has 2 aromatic heterocycles. The molecule has 0 unspecified atom stereocenters. The van der Waals surface area contributed by atoms with Crippen LogP contribution >= 0.6 is 22.9 Å². The molecule has 0 bridgehead atoms. The minimum atomic E-state index is -0.305. The number of ether oxygens (including phenoxy) is 1. The molecule has 34 heavy (non-hydrogen) atoms. The third-order valence-corrected chi connectivity index (χ3v) is 6.71. The van der Waals surface area contributed by atoms with Gasteiger partial charge in [0.2, 0.25) is 5.95 Å². The van der Waals surface area contributed by atoms with E-state index in [1.807, 2.05) is 0 Å². The number of carbonyl (C=O) groups is 1. The van der Waals surface area contributed by atoms with Crippen LogP contribution in [-0.4, -0.2) is 58.5 Å². The first-order valence-corrected chi connectivity index (χ1v) is 11.8. The van der Waals surface area contributed by atoms with Crippen molar-refractivity contribution in [3.05, 3.63) is 59.4 Å². The Morgan fingerprint density at radius 3 is 2.44 bits per heavy atom. The molecule has 1 aliphatic rings. The highest BCUT2D eigenvalue weighted by Crippen LogP contribution is 2.34. The van der Waals surface area contributed by atoms with Crippen LogP contribution in [-0.2, 0) is 4.79 Å². The van der Waals surface area contributed by atoms with Gasteiger partial charge in [0.05, 0.1) is 0 Å². The number of benzene rings is 2. The van der Waals surface area contributed by atoms with Gasteiger partial charge in [0.15, 0.2) is 17.3 Å². The molecule has 4 aromatic rings. The van der Waals surface area contributed by atoms with Gasteiger partial charge in [-0.25, -0.2) is 14.4 Å². The minimum Gasteiger partial charge on any atom is -0.484 e. The lowest BCUT2D eigenvalue weighted by molar-refractivity contribution is -0.133. The molecule has 5 rings (SSSR count). The van der Waals surface area contributed by atoms with E-state index >= 15 is 0 Å². The molecule has 0 aliphatic carbocycles. The van der Waals surface area contributed by atoms with E-state index in [9.17, 15) is 9.18 Å². The summed E-state index contributed by atoms with van der Waals surface area (Å²) in [5.74, 6) is 0.994. The number of piperazine rings is 1. The van der Waals surface area contributed by atoms with E-state index in [4.69, 9.17) is 27.1 Å². The first kappa shape index (κ1) is 22.3. The second-order valence-electron chi connectivity index (χ2n) is 7.70. The Bertz CT molecular complexity index is 1320. The lowest BCUT2D eigenvalue weighted by Crippen LogP contribution is -2.50. The predicted octanol–water partition coefficient (Wildman–Crippen LogP) is 3.86. The molecule has 8 nitrogen and oxygen atoms in total. The number of thiazole rings is 1. The number of anilines is 2. The van der Waals surface area contributed by atoms with E-state index in [0.717, 1.165) is 5.56 Å². The van der Waals surface area contributed by atoms with Gasteiger partial charge >= 0.3 is 0 Å². The molecular formula is C23H20ClFN6O2S. The molecule has 1 amide bonds. The average Bonchev–Trinajstić information content (AvgIpc) is 3.27. The normalized spacial score (nSPS) is 13.9.